The highest BCUT2D eigenvalue weighted by Gasteiger charge is 2.49. The van der Waals surface area contributed by atoms with E-state index in [4.69, 9.17) is 10.5 Å². The summed E-state index contributed by atoms with van der Waals surface area (Å²) in [7, 11) is 0. The van der Waals surface area contributed by atoms with Crippen LogP contribution < -0.4 is 5.73 Å². The lowest BCUT2D eigenvalue weighted by Gasteiger charge is -2.31. The molecule has 3 rings (SSSR count). The normalized spacial score (nSPS) is 32.7. The monoisotopic (exact) mass is 266 g/mol. The fraction of sp³-hybridized carbons (Fsp3) is 0.538. The van der Waals surface area contributed by atoms with E-state index >= 15 is 0 Å². The van der Waals surface area contributed by atoms with Crippen LogP contribution in [0.1, 0.15) is 24.8 Å². The third-order valence-electron chi connectivity index (χ3n) is 4.10. The highest BCUT2D eigenvalue weighted by Crippen LogP contribution is 2.42. The lowest BCUT2D eigenvalue weighted by atomic mass is 9.78. The second-order valence-corrected chi connectivity index (χ2v) is 5.48. The summed E-state index contributed by atoms with van der Waals surface area (Å²) in [5.74, 6) is -0.810. The van der Waals surface area contributed by atoms with E-state index in [1.807, 2.05) is 0 Å². The molecule has 0 saturated carbocycles. The Kier molecular flexibility index (Phi) is 2.79. The molecule has 19 heavy (non-hydrogen) atoms. The number of rotatable bonds is 3. The van der Waals surface area contributed by atoms with Gasteiger partial charge in [-0.25, -0.2) is 0 Å². The van der Waals surface area contributed by atoms with Gasteiger partial charge < -0.3 is 10.5 Å². The lowest BCUT2D eigenvalue weighted by molar-refractivity contribution is -0.387. The number of nitrogens with zero attached hydrogens (tertiary/aromatic N) is 1. The predicted molar refractivity (Wildman–Crippen MR) is 66.2 cm³/mol. The number of benzene rings is 1. The Labute approximate surface area is 109 Å². The van der Waals surface area contributed by atoms with Crippen LogP contribution in [0, 0.1) is 15.9 Å². The van der Waals surface area contributed by atoms with Gasteiger partial charge in [-0.05, 0) is 37.3 Å². The Bertz CT molecular complexity index is 537. The quantitative estimate of drug-likeness (QED) is 0.669. The molecule has 5 nitrogen and oxygen atoms in total. The van der Waals surface area contributed by atoms with Crippen LogP contribution in [0.5, 0.6) is 0 Å². The molecule has 2 heterocycles. The van der Waals surface area contributed by atoms with Crippen LogP contribution in [0.2, 0.25) is 0 Å². The molecular weight excluding hydrogens is 251 g/mol. The zero-order chi connectivity index (χ0) is 13.6. The third-order valence-corrected chi connectivity index (χ3v) is 4.10. The molecule has 3 atom stereocenters. The van der Waals surface area contributed by atoms with Crippen molar-refractivity contribution in [2.24, 2.45) is 5.73 Å². The molecule has 0 amide bonds. The number of nitro groups is 1. The van der Waals surface area contributed by atoms with E-state index in [-0.39, 0.29) is 12.2 Å². The summed E-state index contributed by atoms with van der Waals surface area (Å²) < 4.78 is 19.3. The molecule has 2 saturated heterocycles. The second kappa shape index (κ2) is 4.25. The van der Waals surface area contributed by atoms with E-state index < -0.39 is 22.0 Å². The molecule has 2 fully saturated rings. The Morgan fingerprint density at radius 1 is 1.53 bits per heavy atom. The first-order valence-electron chi connectivity index (χ1n) is 6.35. The Balaban J connectivity index is 1.81. The number of hydrogen-bond acceptors (Lipinski definition) is 4. The van der Waals surface area contributed by atoms with E-state index in [0.717, 1.165) is 19.3 Å². The number of hydrogen-bond donors (Lipinski definition) is 1. The SMILES string of the molecule is NC1(Cc2ccc([N+](=O)[O-])c(F)c2)CC2CCC1O2. The van der Waals surface area contributed by atoms with Gasteiger partial charge in [0.05, 0.1) is 17.1 Å². The van der Waals surface area contributed by atoms with Crippen molar-refractivity contribution in [3.8, 4) is 0 Å². The van der Waals surface area contributed by atoms with E-state index in [0.29, 0.717) is 12.0 Å². The highest BCUT2D eigenvalue weighted by molar-refractivity contribution is 5.36. The zero-order valence-corrected chi connectivity index (χ0v) is 10.3. The number of fused-ring (bicyclic) bond motifs is 2. The van der Waals surface area contributed by atoms with Gasteiger partial charge in [0.15, 0.2) is 0 Å². The average Bonchev–Trinajstić information content (AvgIpc) is 2.87. The van der Waals surface area contributed by atoms with Gasteiger partial charge in [0, 0.05) is 11.6 Å². The molecule has 0 radical (unpaired) electrons. The van der Waals surface area contributed by atoms with Crippen LogP contribution in [-0.2, 0) is 11.2 Å². The fourth-order valence-corrected chi connectivity index (χ4v) is 3.21. The molecule has 6 heteroatoms. The minimum absolute atomic E-state index is 0.0238. The molecule has 102 valence electrons. The van der Waals surface area contributed by atoms with Crippen molar-refractivity contribution < 1.29 is 14.1 Å². The van der Waals surface area contributed by atoms with Gasteiger partial charge in [-0.1, -0.05) is 6.07 Å². The largest absolute Gasteiger partial charge is 0.373 e. The van der Waals surface area contributed by atoms with Crippen molar-refractivity contribution in [1.29, 1.82) is 0 Å². The van der Waals surface area contributed by atoms with Gasteiger partial charge in [-0.3, -0.25) is 10.1 Å². The van der Waals surface area contributed by atoms with Crippen molar-refractivity contribution in [2.75, 3.05) is 0 Å². The van der Waals surface area contributed by atoms with Gasteiger partial charge in [0.2, 0.25) is 5.82 Å². The van der Waals surface area contributed by atoms with E-state index in [2.05, 4.69) is 0 Å². The molecule has 3 unspecified atom stereocenters. The Morgan fingerprint density at radius 3 is 2.84 bits per heavy atom. The maximum atomic E-state index is 13.6. The molecule has 0 spiro atoms. The van der Waals surface area contributed by atoms with E-state index in [1.165, 1.54) is 12.1 Å². The third kappa shape index (κ3) is 2.11. The summed E-state index contributed by atoms with van der Waals surface area (Å²) in [6.45, 7) is 0. The van der Waals surface area contributed by atoms with E-state index in [9.17, 15) is 14.5 Å². The first-order chi connectivity index (χ1) is 8.98. The summed E-state index contributed by atoms with van der Waals surface area (Å²) in [5, 5.41) is 10.6. The molecule has 2 bridgehead atoms. The number of ether oxygens (including phenoxy) is 1. The predicted octanol–water partition coefficient (Wildman–Crippen LogP) is 1.93. The summed E-state index contributed by atoms with van der Waals surface area (Å²) in [6.07, 6.45) is 3.49. The summed E-state index contributed by atoms with van der Waals surface area (Å²) in [4.78, 5) is 9.84. The van der Waals surface area contributed by atoms with Crippen molar-refractivity contribution >= 4 is 5.69 Å². The summed E-state index contributed by atoms with van der Waals surface area (Å²) in [5.41, 5.74) is 6.06. The van der Waals surface area contributed by atoms with Crippen molar-refractivity contribution in [2.45, 2.75) is 43.4 Å². The first kappa shape index (κ1) is 12.5. The molecule has 0 aliphatic carbocycles. The van der Waals surface area contributed by atoms with E-state index in [1.54, 1.807) is 6.07 Å². The molecule has 2 N–H and O–H groups in total. The van der Waals surface area contributed by atoms with Gasteiger partial charge >= 0.3 is 5.69 Å². The maximum Gasteiger partial charge on any atom is 0.304 e. The highest BCUT2D eigenvalue weighted by atomic mass is 19.1. The lowest BCUT2D eigenvalue weighted by Crippen LogP contribution is -2.50. The zero-order valence-electron chi connectivity index (χ0n) is 10.3. The van der Waals surface area contributed by atoms with Crippen LogP contribution in [0.3, 0.4) is 0 Å². The Hall–Kier alpha value is -1.53. The fourth-order valence-electron chi connectivity index (χ4n) is 3.21. The van der Waals surface area contributed by atoms with Gasteiger partial charge in [0.1, 0.15) is 0 Å². The van der Waals surface area contributed by atoms with Gasteiger partial charge in [-0.15, -0.1) is 0 Å². The van der Waals surface area contributed by atoms with Crippen molar-refractivity contribution in [3.05, 3.63) is 39.7 Å². The summed E-state index contributed by atoms with van der Waals surface area (Å²) >= 11 is 0. The van der Waals surface area contributed by atoms with Crippen LogP contribution in [0.15, 0.2) is 18.2 Å². The number of nitrogens with two attached hydrogens (primary N) is 1. The first-order valence-corrected chi connectivity index (χ1v) is 6.35. The van der Waals surface area contributed by atoms with Gasteiger partial charge in [0.25, 0.3) is 0 Å². The summed E-state index contributed by atoms with van der Waals surface area (Å²) in [6, 6.07) is 3.97. The average molecular weight is 266 g/mol. The molecule has 2 aliphatic rings. The Morgan fingerprint density at radius 2 is 2.32 bits per heavy atom. The van der Waals surface area contributed by atoms with Crippen LogP contribution >= 0.6 is 0 Å². The second-order valence-electron chi connectivity index (χ2n) is 5.48. The standard InChI is InChI=1S/C13H15FN2O3/c14-10-5-8(1-3-11(10)16(17)18)6-13(15)7-9-2-4-12(13)19-9/h1,3,5,9,12H,2,4,6-7,15H2. The molecule has 1 aromatic rings. The molecule has 1 aromatic carbocycles. The van der Waals surface area contributed by atoms with Gasteiger partial charge in [-0.2, -0.15) is 4.39 Å². The van der Waals surface area contributed by atoms with Crippen molar-refractivity contribution in [3.63, 3.8) is 0 Å². The molecule has 0 aromatic heterocycles. The number of nitro benzene ring substituents is 1. The van der Waals surface area contributed by atoms with Crippen LogP contribution in [0.25, 0.3) is 0 Å². The maximum absolute atomic E-state index is 13.6. The van der Waals surface area contributed by atoms with Crippen LogP contribution in [-0.4, -0.2) is 22.7 Å². The van der Waals surface area contributed by atoms with Crippen molar-refractivity contribution in [1.82, 2.24) is 0 Å². The minimum atomic E-state index is -0.810. The smallest absolute Gasteiger partial charge is 0.304 e. The minimum Gasteiger partial charge on any atom is -0.373 e. The number of halogens is 1. The van der Waals surface area contributed by atoms with Crippen LogP contribution in [0.4, 0.5) is 10.1 Å². The molecular formula is C13H15FN2O3. The molecule has 2 aliphatic heterocycles. The topological polar surface area (TPSA) is 78.4 Å².